The maximum Gasteiger partial charge on any atom is 0.308 e. The predicted octanol–water partition coefficient (Wildman–Crippen LogP) is 1.83. The molecule has 1 saturated carbocycles. The Balaban J connectivity index is 2.41. The summed E-state index contributed by atoms with van der Waals surface area (Å²) < 4.78 is 5.03. The van der Waals surface area contributed by atoms with Gasteiger partial charge in [-0.05, 0) is 25.7 Å². The van der Waals surface area contributed by atoms with Crippen LogP contribution in [0.1, 0.15) is 39.0 Å². The van der Waals surface area contributed by atoms with Gasteiger partial charge in [0, 0.05) is 0 Å². The molecule has 0 radical (unpaired) electrons. The molecule has 0 aromatic heterocycles. The quantitative estimate of drug-likeness (QED) is 0.725. The number of hydrogen-bond donors (Lipinski definition) is 1. The highest BCUT2D eigenvalue weighted by Crippen LogP contribution is 2.29. The van der Waals surface area contributed by atoms with Crippen LogP contribution in [0.4, 0.5) is 0 Å². The van der Waals surface area contributed by atoms with Gasteiger partial charge >= 0.3 is 11.9 Å². The monoisotopic (exact) mass is 214 g/mol. The molecule has 0 saturated heterocycles. The standard InChI is InChI=1S/C11H18O4/c1-2-6-15-11(14)9-5-3-4-8(7-9)10(12)13/h8-9H,2-7H2,1H3,(H,12,13)/t8-,9+/m1/s1. The Morgan fingerprint density at radius 2 is 2.00 bits per heavy atom. The van der Waals surface area contributed by atoms with Crippen molar-refractivity contribution >= 4 is 11.9 Å². The van der Waals surface area contributed by atoms with E-state index in [9.17, 15) is 9.59 Å². The number of carbonyl (C=O) groups is 2. The molecule has 0 aromatic rings. The van der Waals surface area contributed by atoms with Gasteiger partial charge in [0.25, 0.3) is 0 Å². The van der Waals surface area contributed by atoms with Crippen molar-refractivity contribution in [1.82, 2.24) is 0 Å². The van der Waals surface area contributed by atoms with Crippen LogP contribution < -0.4 is 0 Å². The zero-order chi connectivity index (χ0) is 11.3. The van der Waals surface area contributed by atoms with E-state index in [4.69, 9.17) is 9.84 Å². The molecule has 1 rings (SSSR count). The fraction of sp³-hybridized carbons (Fsp3) is 0.818. The smallest absolute Gasteiger partial charge is 0.308 e. The van der Waals surface area contributed by atoms with Crippen molar-refractivity contribution in [3.05, 3.63) is 0 Å². The number of aliphatic carboxylic acids is 1. The van der Waals surface area contributed by atoms with E-state index in [1.165, 1.54) is 0 Å². The molecule has 2 atom stereocenters. The summed E-state index contributed by atoms with van der Waals surface area (Å²) >= 11 is 0. The molecule has 1 N–H and O–H groups in total. The van der Waals surface area contributed by atoms with Crippen LogP contribution in [0.25, 0.3) is 0 Å². The number of carboxylic acid groups (broad SMARTS) is 1. The van der Waals surface area contributed by atoms with Gasteiger partial charge in [0.2, 0.25) is 0 Å². The molecule has 0 aromatic carbocycles. The summed E-state index contributed by atoms with van der Waals surface area (Å²) in [7, 11) is 0. The Morgan fingerprint density at radius 1 is 1.33 bits per heavy atom. The molecule has 0 amide bonds. The molecule has 0 unspecified atom stereocenters. The Hall–Kier alpha value is -1.06. The van der Waals surface area contributed by atoms with E-state index < -0.39 is 5.97 Å². The minimum atomic E-state index is -0.789. The predicted molar refractivity (Wildman–Crippen MR) is 54.3 cm³/mol. The summed E-state index contributed by atoms with van der Waals surface area (Å²) in [6.45, 7) is 2.38. The minimum absolute atomic E-state index is 0.202. The Bertz CT molecular complexity index is 237. The van der Waals surface area contributed by atoms with Crippen molar-refractivity contribution in [1.29, 1.82) is 0 Å². The summed E-state index contributed by atoms with van der Waals surface area (Å²) in [4.78, 5) is 22.3. The maximum atomic E-state index is 11.5. The Labute approximate surface area is 89.6 Å². The van der Waals surface area contributed by atoms with Crippen LogP contribution in [-0.4, -0.2) is 23.7 Å². The molecule has 1 fully saturated rings. The molecule has 86 valence electrons. The van der Waals surface area contributed by atoms with E-state index in [1.807, 2.05) is 6.92 Å². The van der Waals surface area contributed by atoms with Crippen molar-refractivity contribution < 1.29 is 19.4 Å². The lowest BCUT2D eigenvalue weighted by atomic mass is 9.81. The van der Waals surface area contributed by atoms with Gasteiger partial charge in [-0.1, -0.05) is 13.3 Å². The third kappa shape index (κ3) is 3.53. The lowest BCUT2D eigenvalue weighted by Crippen LogP contribution is -2.28. The molecule has 0 bridgehead atoms. The highest BCUT2D eigenvalue weighted by atomic mass is 16.5. The van der Waals surface area contributed by atoms with E-state index in [-0.39, 0.29) is 17.8 Å². The van der Waals surface area contributed by atoms with Crippen molar-refractivity contribution in [2.24, 2.45) is 11.8 Å². The molecule has 15 heavy (non-hydrogen) atoms. The highest BCUT2D eigenvalue weighted by molar-refractivity contribution is 5.75. The van der Waals surface area contributed by atoms with Crippen molar-refractivity contribution in [2.75, 3.05) is 6.61 Å². The van der Waals surface area contributed by atoms with E-state index in [0.717, 1.165) is 19.3 Å². The molecule has 1 aliphatic rings. The van der Waals surface area contributed by atoms with Crippen LogP contribution in [0.2, 0.25) is 0 Å². The molecule has 1 aliphatic carbocycles. The molecule has 0 aliphatic heterocycles. The fourth-order valence-electron chi connectivity index (χ4n) is 1.95. The first-order valence-corrected chi connectivity index (χ1v) is 5.54. The summed E-state index contributed by atoms with van der Waals surface area (Å²) in [5, 5.41) is 8.86. The fourth-order valence-corrected chi connectivity index (χ4v) is 1.95. The van der Waals surface area contributed by atoms with E-state index >= 15 is 0 Å². The van der Waals surface area contributed by atoms with Crippen molar-refractivity contribution in [3.63, 3.8) is 0 Å². The van der Waals surface area contributed by atoms with Crippen LogP contribution in [0, 0.1) is 11.8 Å². The van der Waals surface area contributed by atoms with Gasteiger partial charge in [0.1, 0.15) is 0 Å². The first-order valence-electron chi connectivity index (χ1n) is 5.54. The SMILES string of the molecule is CCCOC(=O)[C@H]1CCC[C@@H](C(=O)O)C1. The second-order valence-corrected chi connectivity index (χ2v) is 4.07. The van der Waals surface area contributed by atoms with Gasteiger partial charge in [0.05, 0.1) is 18.4 Å². The number of hydrogen-bond acceptors (Lipinski definition) is 3. The molecule has 0 heterocycles. The van der Waals surface area contributed by atoms with Crippen LogP contribution >= 0.6 is 0 Å². The van der Waals surface area contributed by atoms with Gasteiger partial charge in [-0.2, -0.15) is 0 Å². The normalized spacial score (nSPS) is 25.9. The summed E-state index contributed by atoms with van der Waals surface area (Å²) in [6, 6.07) is 0. The molecule has 4 heteroatoms. The lowest BCUT2D eigenvalue weighted by Gasteiger charge is -2.24. The molecule has 0 spiro atoms. The van der Waals surface area contributed by atoms with Crippen LogP contribution in [0.3, 0.4) is 0 Å². The van der Waals surface area contributed by atoms with E-state index in [2.05, 4.69) is 0 Å². The second-order valence-electron chi connectivity index (χ2n) is 4.07. The molecular weight excluding hydrogens is 196 g/mol. The lowest BCUT2D eigenvalue weighted by molar-refractivity contribution is -0.152. The van der Waals surface area contributed by atoms with Crippen molar-refractivity contribution in [3.8, 4) is 0 Å². The third-order valence-electron chi connectivity index (χ3n) is 2.81. The molecular formula is C11H18O4. The molecule has 4 nitrogen and oxygen atoms in total. The van der Waals surface area contributed by atoms with E-state index in [0.29, 0.717) is 19.4 Å². The average Bonchev–Trinajstić information content (AvgIpc) is 2.26. The third-order valence-corrected chi connectivity index (χ3v) is 2.81. The van der Waals surface area contributed by atoms with Gasteiger partial charge in [-0.25, -0.2) is 0 Å². The number of rotatable bonds is 4. The summed E-state index contributed by atoms with van der Waals surface area (Å²) in [5.41, 5.74) is 0. The van der Waals surface area contributed by atoms with Gasteiger partial charge < -0.3 is 9.84 Å². The second kappa shape index (κ2) is 5.73. The largest absolute Gasteiger partial charge is 0.481 e. The minimum Gasteiger partial charge on any atom is -0.481 e. The number of carboxylic acids is 1. The van der Waals surface area contributed by atoms with Gasteiger partial charge in [0.15, 0.2) is 0 Å². The zero-order valence-corrected chi connectivity index (χ0v) is 9.07. The maximum absolute atomic E-state index is 11.5. The number of ether oxygens (including phenoxy) is 1. The van der Waals surface area contributed by atoms with Crippen LogP contribution in [0.15, 0.2) is 0 Å². The zero-order valence-electron chi connectivity index (χ0n) is 9.07. The average molecular weight is 214 g/mol. The summed E-state index contributed by atoms with van der Waals surface area (Å²) in [6.07, 6.45) is 3.51. The van der Waals surface area contributed by atoms with Gasteiger partial charge in [-0.15, -0.1) is 0 Å². The topological polar surface area (TPSA) is 63.6 Å². The number of esters is 1. The highest BCUT2D eigenvalue weighted by Gasteiger charge is 2.31. The van der Waals surface area contributed by atoms with Crippen LogP contribution in [-0.2, 0) is 14.3 Å². The first-order chi connectivity index (χ1) is 7.15. The van der Waals surface area contributed by atoms with Crippen molar-refractivity contribution in [2.45, 2.75) is 39.0 Å². The van der Waals surface area contributed by atoms with Crippen LogP contribution in [0.5, 0.6) is 0 Å². The Morgan fingerprint density at radius 3 is 2.60 bits per heavy atom. The Kier molecular flexibility index (Phi) is 4.59. The van der Waals surface area contributed by atoms with E-state index in [1.54, 1.807) is 0 Å². The first kappa shape index (κ1) is 12.0. The summed E-state index contributed by atoms with van der Waals surface area (Å²) in [5.74, 6) is -1.57. The van der Waals surface area contributed by atoms with Gasteiger partial charge in [-0.3, -0.25) is 9.59 Å². The number of carbonyl (C=O) groups excluding carboxylic acids is 1.